The molecule has 68 valence electrons. The molecule has 3 heteroatoms. The van der Waals surface area contributed by atoms with Crippen molar-refractivity contribution in [3.63, 3.8) is 0 Å². The molecule has 0 aromatic rings. The Bertz CT molecular complexity index is 67.4. The minimum atomic E-state index is -0.139. The van der Waals surface area contributed by atoms with Crippen LogP contribution in [-0.2, 0) is 14.2 Å². The van der Waals surface area contributed by atoms with E-state index in [2.05, 4.69) is 0 Å². The topological polar surface area (TPSA) is 27.7 Å². The van der Waals surface area contributed by atoms with E-state index in [9.17, 15) is 0 Å². The van der Waals surface area contributed by atoms with Gasteiger partial charge in [-0.15, -0.1) is 0 Å². The maximum Gasteiger partial charge on any atom is 0.160 e. The molecule has 2 atom stereocenters. The normalized spacial score (nSPS) is 16.4. The first-order valence-corrected chi connectivity index (χ1v) is 3.99. The fraction of sp³-hybridized carbons (Fsp3) is 1.00. The largest absolute Gasteiger partial charge is 0.356 e. The van der Waals surface area contributed by atoms with Crippen LogP contribution >= 0.6 is 0 Å². The number of hydrogen-bond acceptors (Lipinski definition) is 3. The van der Waals surface area contributed by atoms with Gasteiger partial charge in [-0.1, -0.05) is 13.8 Å². The van der Waals surface area contributed by atoms with Gasteiger partial charge < -0.3 is 14.2 Å². The van der Waals surface area contributed by atoms with Crippen LogP contribution in [0.25, 0.3) is 0 Å². The second-order valence-electron chi connectivity index (χ2n) is 2.28. The quantitative estimate of drug-likeness (QED) is 0.557. The first-order valence-electron chi connectivity index (χ1n) is 3.99. The van der Waals surface area contributed by atoms with E-state index in [0.29, 0.717) is 0 Å². The van der Waals surface area contributed by atoms with E-state index in [-0.39, 0.29) is 12.6 Å². The van der Waals surface area contributed by atoms with Gasteiger partial charge >= 0.3 is 0 Å². The van der Waals surface area contributed by atoms with Crippen LogP contribution in [0.15, 0.2) is 0 Å². The molecule has 0 fully saturated rings. The maximum absolute atomic E-state index is 5.40. The Morgan fingerprint density at radius 3 is 1.45 bits per heavy atom. The van der Waals surface area contributed by atoms with Crippen LogP contribution < -0.4 is 0 Å². The fourth-order valence-corrected chi connectivity index (χ4v) is 0.806. The SMILES string of the molecule is CC[C@H](OC)O[C@H](CC)OC. The second kappa shape index (κ2) is 6.58. The predicted molar refractivity (Wildman–Crippen MR) is 43.3 cm³/mol. The molecule has 0 saturated carbocycles. The average molecular weight is 162 g/mol. The summed E-state index contributed by atoms with van der Waals surface area (Å²) in [5.41, 5.74) is 0. The van der Waals surface area contributed by atoms with E-state index in [4.69, 9.17) is 14.2 Å². The molecule has 3 nitrogen and oxygen atoms in total. The van der Waals surface area contributed by atoms with E-state index in [1.807, 2.05) is 13.8 Å². The van der Waals surface area contributed by atoms with Crippen molar-refractivity contribution in [2.24, 2.45) is 0 Å². The Labute approximate surface area is 68.6 Å². The molecule has 0 aromatic heterocycles. The molecule has 0 aromatic carbocycles. The smallest absolute Gasteiger partial charge is 0.160 e. The van der Waals surface area contributed by atoms with Gasteiger partial charge in [0, 0.05) is 14.2 Å². The van der Waals surface area contributed by atoms with Gasteiger partial charge in [0.25, 0.3) is 0 Å². The monoisotopic (exact) mass is 162 g/mol. The molecule has 0 heterocycles. The molecular weight excluding hydrogens is 144 g/mol. The average Bonchev–Trinajstić information content (AvgIpc) is 2.07. The third kappa shape index (κ3) is 4.35. The molecule has 0 N–H and O–H groups in total. The Hall–Kier alpha value is -0.120. The summed E-state index contributed by atoms with van der Waals surface area (Å²) >= 11 is 0. The van der Waals surface area contributed by atoms with Crippen molar-refractivity contribution in [2.45, 2.75) is 39.3 Å². The number of hydrogen-bond donors (Lipinski definition) is 0. The van der Waals surface area contributed by atoms with Crippen LogP contribution in [0.3, 0.4) is 0 Å². The third-order valence-electron chi connectivity index (χ3n) is 1.50. The van der Waals surface area contributed by atoms with Gasteiger partial charge in [-0.05, 0) is 12.8 Å². The highest BCUT2D eigenvalue weighted by Gasteiger charge is 2.11. The van der Waals surface area contributed by atoms with Crippen molar-refractivity contribution < 1.29 is 14.2 Å². The molecule has 0 amide bonds. The standard InChI is InChI=1S/C8H18O3/c1-5-7(9-3)11-8(6-2)10-4/h7-8H,5-6H2,1-4H3/t7-,8-/m1/s1. The molecule has 0 saturated heterocycles. The van der Waals surface area contributed by atoms with Gasteiger partial charge in [0.15, 0.2) is 12.6 Å². The van der Waals surface area contributed by atoms with E-state index in [1.54, 1.807) is 14.2 Å². The lowest BCUT2D eigenvalue weighted by Gasteiger charge is -2.20. The fourth-order valence-electron chi connectivity index (χ4n) is 0.806. The number of ether oxygens (including phenoxy) is 3. The molecule has 0 radical (unpaired) electrons. The Morgan fingerprint density at radius 1 is 0.909 bits per heavy atom. The third-order valence-corrected chi connectivity index (χ3v) is 1.50. The molecule has 0 bridgehead atoms. The first-order chi connectivity index (χ1) is 5.28. The second-order valence-corrected chi connectivity index (χ2v) is 2.28. The molecule has 0 unspecified atom stereocenters. The summed E-state index contributed by atoms with van der Waals surface area (Å²) in [5, 5.41) is 0. The van der Waals surface area contributed by atoms with Crippen molar-refractivity contribution in [1.82, 2.24) is 0 Å². The minimum absolute atomic E-state index is 0.139. The van der Waals surface area contributed by atoms with Crippen molar-refractivity contribution >= 4 is 0 Å². The zero-order valence-corrected chi connectivity index (χ0v) is 7.79. The lowest BCUT2D eigenvalue weighted by molar-refractivity contribution is -0.230. The number of methoxy groups -OCH3 is 2. The van der Waals surface area contributed by atoms with Gasteiger partial charge in [0.05, 0.1) is 0 Å². The summed E-state index contributed by atoms with van der Waals surface area (Å²) in [6.45, 7) is 4.02. The molecule has 0 spiro atoms. The van der Waals surface area contributed by atoms with Gasteiger partial charge in [-0.3, -0.25) is 0 Å². The van der Waals surface area contributed by atoms with Crippen LogP contribution in [0.1, 0.15) is 26.7 Å². The molecule has 0 aliphatic heterocycles. The van der Waals surface area contributed by atoms with Crippen molar-refractivity contribution in [2.75, 3.05) is 14.2 Å². The molecule has 11 heavy (non-hydrogen) atoms. The van der Waals surface area contributed by atoms with E-state index in [1.165, 1.54) is 0 Å². The van der Waals surface area contributed by atoms with E-state index in [0.717, 1.165) is 12.8 Å². The Morgan fingerprint density at radius 2 is 1.27 bits per heavy atom. The van der Waals surface area contributed by atoms with Crippen molar-refractivity contribution in [1.29, 1.82) is 0 Å². The lowest BCUT2D eigenvalue weighted by Crippen LogP contribution is -2.23. The van der Waals surface area contributed by atoms with Gasteiger partial charge in [-0.2, -0.15) is 0 Å². The number of rotatable bonds is 6. The van der Waals surface area contributed by atoms with Crippen molar-refractivity contribution in [3.8, 4) is 0 Å². The molecule has 0 aliphatic carbocycles. The van der Waals surface area contributed by atoms with Crippen molar-refractivity contribution in [3.05, 3.63) is 0 Å². The Kier molecular flexibility index (Phi) is 6.51. The maximum atomic E-state index is 5.40. The van der Waals surface area contributed by atoms with Crippen LogP contribution in [0.4, 0.5) is 0 Å². The summed E-state index contributed by atoms with van der Waals surface area (Å²) in [6.07, 6.45) is 1.41. The molecule has 0 rings (SSSR count). The summed E-state index contributed by atoms with van der Waals surface area (Å²) in [5.74, 6) is 0. The zero-order chi connectivity index (χ0) is 8.69. The summed E-state index contributed by atoms with van der Waals surface area (Å²) in [6, 6.07) is 0. The van der Waals surface area contributed by atoms with Gasteiger partial charge in [0.2, 0.25) is 0 Å². The summed E-state index contributed by atoms with van der Waals surface area (Å²) in [4.78, 5) is 0. The molecule has 0 aliphatic rings. The molecular formula is C8H18O3. The van der Waals surface area contributed by atoms with Crippen LogP contribution in [0, 0.1) is 0 Å². The highest BCUT2D eigenvalue weighted by molar-refractivity contribution is 4.42. The highest BCUT2D eigenvalue weighted by Crippen LogP contribution is 2.06. The van der Waals surface area contributed by atoms with Gasteiger partial charge in [-0.25, -0.2) is 0 Å². The zero-order valence-electron chi connectivity index (χ0n) is 7.79. The van der Waals surface area contributed by atoms with Crippen LogP contribution in [0.5, 0.6) is 0 Å². The van der Waals surface area contributed by atoms with Crippen LogP contribution in [-0.4, -0.2) is 26.8 Å². The minimum Gasteiger partial charge on any atom is -0.356 e. The lowest BCUT2D eigenvalue weighted by atomic mass is 10.4. The van der Waals surface area contributed by atoms with E-state index >= 15 is 0 Å². The summed E-state index contributed by atoms with van der Waals surface area (Å²) in [7, 11) is 3.27. The summed E-state index contributed by atoms with van der Waals surface area (Å²) < 4.78 is 15.5. The predicted octanol–water partition coefficient (Wildman–Crippen LogP) is 1.77. The van der Waals surface area contributed by atoms with E-state index < -0.39 is 0 Å². The highest BCUT2D eigenvalue weighted by atomic mass is 16.8. The Balaban J connectivity index is 3.58. The van der Waals surface area contributed by atoms with Gasteiger partial charge in [0.1, 0.15) is 0 Å². The first kappa shape index (κ1) is 10.9. The van der Waals surface area contributed by atoms with Crippen LogP contribution in [0.2, 0.25) is 0 Å².